The van der Waals surface area contributed by atoms with Crippen molar-refractivity contribution in [2.75, 3.05) is 6.61 Å². The standard InChI is InChI=1S/C9H8F3NO/c10-9(11,12)7-2-1-3-13-8(7)4-6-5-14-6/h1-3,6H,4-5H2. The molecular formula is C9H8F3NO. The Bertz CT molecular complexity index is 333. The van der Waals surface area contributed by atoms with Crippen molar-refractivity contribution < 1.29 is 17.9 Å². The van der Waals surface area contributed by atoms with E-state index in [2.05, 4.69) is 4.98 Å². The summed E-state index contributed by atoms with van der Waals surface area (Å²) < 4.78 is 42.2. The van der Waals surface area contributed by atoms with Gasteiger partial charge in [0.15, 0.2) is 0 Å². The maximum atomic E-state index is 12.4. The molecule has 14 heavy (non-hydrogen) atoms. The summed E-state index contributed by atoms with van der Waals surface area (Å²) >= 11 is 0. The molecule has 1 aromatic heterocycles. The minimum Gasteiger partial charge on any atom is -0.373 e. The van der Waals surface area contributed by atoms with Gasteiger partial charge in [0.2, 0.25) is 0 Å². The van der Waals surface area contributed by atoms with Gasteiger partial charge in [0, 0.05) is 12.6 Å². The van der Waals surface area contributed by atoms with Gasteiger partial charge in [-0.1, -0.05) is 0 Å². The highest BCUT2D eigenvalue weighted by Gasteiger charge is 2.35. The molecule has 1 saturated heterocycles. The molecule has 1 atom stereocenters. The summed E-state index contributed by atoms with van der Waals surface area (Å²) in [7, 11) is 0. The van der Waals surface area contributed by atoms with E-state index in [0.29, 0.717) is 6.61 Å². The van der Waals surface area contributed by atoms with Crippen LogP contribution in [-0.2, 0) is 17.3 Å². The van der Waals surface area contributed by atoms with E-state index < -0.39 is 11.7 Å². The third-order valence-corrected chi connectivity index (χ3v) is 2.02. The summed E-state index contributed by atoms with van der Waals surface area (Å²) in [5.41, 5.74) is -0.585. The molecule has 1 aliphatic heterocycles. The van der Waals surface area contributed by atoms with Crippen molar-refractivity contribution in [1.82, 2.24) is 4.98 Å². The van der Waals surface area contributed by atoms with Crippen LogP contribution in [0.4, 0.5) is 13.2 Å². The molecule has 0 bridgehead atoms. The molecule has 0 saturated carbocycles. The lowest BCUT2D eigenvalue weighted by Crippen LogP contribution is -2.12. The maximum absolute atomic E-state index is 12.4. The highest BCUT2D eigenvalue weighted by molar-refractivity contribution is 5.24. The summed E-state index contributed by atoms with van der Waals surface area (Å²) in [6.45, 7) is 0.536. The molecule has 1 fully saturated rings. The average molecular weight is 203 g/mol. The van der Waals surface area contributed by atoms with Gasteiger partial charge in [-0.25, -0.2) is 0 Å². The SMILES string of the molecule is FC(F)(F)c1cccnc1CC1CO1. The molecule has 5 heteroatoms. The average Bonchev–Trinajstić information content (AvgIpc) is 2.87. The van der Waals surface area contributed by atoms with E-state index in [0.717, 1.165) is 6.07 Å². The number of hydrogen-bond acceptors (Lipinski definition) is 2. The van der Waals surface area contributed by atoms with Crippen molar-refractivity contribution >= 4 is 0 Å². The molecule has 2 rings (SSSR count). The second-order valence-electron chi connectivity index (χ2n) is 3.15. The minimum atomic E-state index is -4.32. The summed E-state index contributed by atoms with van der Waals surface area (Å²) in [6, 6.07) is 2.34. The number of ether oxygens (including phenoxy) is 1. The minimum absolute atomic E-state index is 0.0718. The summed E-state index contributed by atoms with van der Waals surface area (Å²) in [5, 5.41) is 0. The zero-order valence-electron chi connectivity index (χ0n) is 7.21. The van der Waals surface area contributed by atoms with Crippen LogP contribution >= 0.6 is 0 Å². The van der Waals surface area contributed by atoms with E-state index >= 15 is 0 Å². The normalized spacial score (nSPS) is 20.9. The van der Waals surface area contributed by atoms with Crippen LogP contribution in [0.2, 0.25) is 0 Å². The largest absolute Gasteiger partial charge is 0.418 e. The number of nitrogens with zero attached hydrogens (tertiary/aromatic N) is 1. The third-order valence-electron chi connectivity index (χ3n) is 2.02. The highest BCUT2D eigenvalue weighted by atomic mass is 19.4. The fourth-order valence-electron chi connectivity index (χ4n) is 1.26. The van der Waals surface area contributed by atoms with Crippen molar-refractivity contribution in [2.24, 2.45) is 0 Å². The van der Waals surface area contributed by atoms with E-state index in [1.807, 2.05) is 0 Å². The van der Waals surface area contributed by atoms with E-state index in [4.69, 9.17) is 4.74 Å². The zero-order chi connectivity index (χ0) is 10.2. The Labute approximate surface area is 78.7 Å². The van der Waals surface area contributed by atoms with Gasteiger partial charge in [-0.05, 0) is 12.1 Å². The lowest BCUT2D eigenvalue weighted by Gasteiger charge is -2.10. The Morgan fingerprint density at radius 2 is 2.21 bits per heavy atom. The first-order chi connectivity index (χ1) is 6.57. The molecule has 1 unspecified atom stereocenters. The molecule has 0 spiro atoms. The van der Waals surface area contributed by atoms with Crippen LogP contribution in [-0.4, -0.2) is 17.7 Å². The molecule has 1 aliphatic rings. The van der Waals surface area contributed by atoms with Crippen LogP contribution in [0.15, 0.2) is 18.3 Å². The van der Waals surface area contributed by atoms with E-state index in [-0.39, 0.29) is 18.2 Å². The number of epoxide rings is 1. The van der Waals surface area contributed by atoms with Gasteiger partial charge in [0.1, 0.15) is 0 Å². The molecule has 0 aliphatic carbocycles. The quantitative estimate of drug-likeness (QED) is 0.687. The Balaban J connectivity index is 2.27. The van der Waals surface area contributed by atoms with Crippen LogP contribution in [0.25, 0.3) is 0 Å². The third kappa shape index (κ3) is 2.04. The van der Waals surface area contributed by atoms with Crippen molar-refractivity contribution in [3.63, 3.8) is 0 Å². The topological polar surface area (TPSA) is 25.4 Å². The Morgan fingerprint density at radius 1 is 1.50 bits per heavy atom. The summed E-state index contributed by atoms with van der Waals surface area (Å²) in [6.07, 6.45) is -2.79. The van der Waals surface area contributed by atoms with Crippen molar-refractivity contribution in [3.05, 3.63) is 29.6 Å². The van der Waals surface area contributed by atoms with Gasteiger partial charge in [0.25, 0.3) is 0 Å². The molecule has 76 valence electrons. The van der Waals surface area contributed by atoms with Crippen LogP contribution < -0.4 is 0 Å². The first kappa shape index (κ1) is 9.45. The Kier molecular flexibility index (Phi) is 2.19. The first-order valence-corrected chi connectivity index (χ1v) is 4.20. The number of aromatic nitrogens is 1. The first-order valence-electron chi connectivity index (χ1n) is 4.20. The zero-order valence-corrected chi connectivity index (χ0v) is 7.21. The van der Waals surface area contributed by atoms with Crippen molar-refractivity contribution in [1.29, 1.82) is 0 Å². The number of hydrogen-bond donors (Lipinski definition) is 0. The van der Waals surface area contributed by atoms with Crippen LogP contribution in [0.1, 0.15) is 11.3 Å². The van der Waals surface area contributed by atoms with E-state index in [9.17, 15) is 13.2 Å². The fraction of sp³-hybridized carbons (Fsp3) is 0.444. The molecule has 2 heterocycles. The van der Waals surface area contributed by atoms with Gasteiger partial charge in [0.05, 0.1) is 24.0 Å². The van der Waals surface area contributed by atoms with Crippen molar-refractivity contribution in [2.45, 2.75) is 18.7 Å². The predicted octanol–water partition coefficient (Wildman–Crippen LogP) is 2.04. The Morgan fingerprint density at radius 3 is 2.79 bits per heavy atom. The van der Waals surface area contributed by atoms with E-state index in [1.54, 1.807) is 0 Å². The predicted molar refractivity (Wildman–Crippen MR) is 42.7 cm³/mol. The van der Waals surface area contributed by atoms with Gasteiger partial charge in [-0.3, -0.25) is 4.98 Å². The molecule has 1 aromatic rings. The molecule has 2 nitrogen and oxygen atoms in total. The number of alkyl halides is 3. The van der Waals surface area contributed by atoms with Crippen LogP contribution in [0.5, 0.6) is 0 Å². The van der Waals surface area contributed by atoms with Gasteiger partial charge in [-0.15, -0.1) is 0 Å². The fourth-order valence-corrected chi connectivity index (χ4v) is 1.26. The summed E-state index contributed by atoms with van der Waals surface area (Å²) in [4.78, 5) is 3.73. The lowest BCUT2D eigenvalue weighted by molar-refractivity contribution is -0.138. The number of halogens is 3. The monoisotopic (exact) mass is 203 g/mol. The number of rotatable bonds is 2. The molecule has 0 aromatic carbocycles. The molecular weight excluding hydrogens is 195 g/mol. The van der Waals surface area contributed by atoms with Gasteiger partial charge >= 0.3 is 6.18 Å². The molecule has 0 amide bonds. The van der Waals surface area contributed by atoms with Gasteiger partial charge in [-0.2, -0.15) is 13.2 Å². The lowest BCUT2D eigenvalue weighted by atomic mass is 10.1. The van der Waals surface area contributed by atoms with Crippen LogP contribution in [0.3, 0.4) is 0 Å². The van der Waals surface area contributed by atoms with Crippen molar-refractivity contribution in [3.8, 4) is 0 Å². The second-order valence-corrected chi connectivity index (χ2v) is 3.15. The molecule has 0 radical (unpaired) electrons. The smallest absolute Gasteiger partial charge is 0.373 e. The molecule has 0 N–H and O–H groups in total. The van der Waals surface area contributed by atoms with Gasteiger partial charge < -0.3 is 4.74 Å². The highest BCUT2D eigenvalue weighted by Crippen LogP contribution is 2.32. The second kappa shape index (κ2) is 3.24. The van der Waals surface area contributed by atoms with E-state index in [1.165, 1.54) is 12.3 Å². The summed E-state index contributed by atoms with van der Waals surface area (Å²) in [5.74, 6) is 0. The number of pyridine rings is 1. The maximum Gasteiger partial charge on any atom is 0.418 e. The van der Waals surface area contributed by atoms with Crippen LogP contribution in [0, 0.1) is 0 Å². The Hall–Kier alpha value is -1.10.